The van der Waals surface area contributed by atoms with Crippen molar-refractivity contribution in [1.82, 2.24) is 4.90 Å². The Balaban J connectivity index is 1.61. The van der Waals surface area contributed by atoms with Crippen LogP contribution in [0.15, 0.2) is 90.1 Å². The van der Waals surface area contributed by atoms with E-state index in [1.807, 2.05) is 56.9 Å². The molecule has 0 bridgehead atoms. The molecule has 320 valence electrons. The standard InChI is InChI=1S/C50H63N3O7/c1-8-24-53(48(56)36-19-17-35(32-51)18-20-36)45-31-43(52-60-49(5,6)7)41-29-37(14-10-12-25-54)40(15-11-13-26-55)46-42-30-39(58-38-21-16-33(3)34(4)28-38)22-23-44(42)59-50(45,47(41)46)57-27-9-2/h9,16-23,28-30,37,40,45-47,54-55H,2,8,10-15,24-27,31H2,1,3-7H3/t37-,40+,45-,46+,47+,50+/m0/s1. The SMILES string of the molecule is C=CCO[C@@]12Oc3ccc(Oc4ccc(C)c(C)c4)cc3[C@H]3[C@H](CCCCO)[C@@H](CCCCO)C=C(C(=NOC(C)(C)C)C[C@@H]1N(CCC)C(=O)c1ccc(C#N)cc1)[C@H]32. The number of ether oxygens (including phenoxy) is 3. The number of nitriles is 1. The second-order valence-corrected chi connectivity index (χ2v) is 17.5. The van der Waals surface area contributed by atoms with Gasteiger partial charge in [-0.2, -0.15) is 5.26 Å². The summed E-state index contributed by atoms with van der Waals surface area (Å²) in [4.78, 5) is 23.0. The van der Waals surface area contributed by atoms with E-state index in [-0.39, 0.29) is 43.5 Å². The number of rotatable bonds is 18. The van der Waals surface area contributed by atoms with Gasteiger partial charge in [-0.3, -0.25) is 4.79 Å². The minimum Gasteiger partial charge on any atom is -0.459 e. The van der Waals surface area contributed by atoms with Crippen LogP contribution < -0.4 is 9.47 Å². The summed E-state index contributed by atoms with van der Waals surface area (Å²) in [6.07, 6.45) is 9.74. The molecular formula is C50H63N3O7. The van der Waals surface area contributed by atoms with Crippen LogP contribution in [-0.4, -0.2) is 70.5 Å². The van der Waals surface area contributed by atoms with E-state index in [2.05, 4.69) is 44.7 Å². The molecule has 1 aliphatic heterocycles. The fourth-order valence-corrected chi connectivity index (χ4v) is 9.31. The summed E-state index contributed by atoms with van der Waals surface area (Å²) in [6, 6.07) is 20.4. The van der Waals surface area contributed by atoms with E-state index >= 15 is 0 Å². The summed E-state index contributed by atoms with van der Waals surface area (Å²) < 4.78 is 21.1. The molecule has 0 unspecified atom stereocenters. The molecule has 6 atom stereocenters. The second kappa shape index (κ2) is 19.6. The van der Waals surface area contributed by atoms with Crippen LogP contribution in [0.4, 0.5) is 0 Å². The number of oxime groups is 1. The number of benzene rings is 3. The molecule has 0 spiro atoms. The van der Waals surface area contributed by atoms with Gasteiger partial charge in [0.25, 0.3) is 5.91 Å². The van der Waals surface area contributed by atoms with Gasteiger partial charge < -0.3 is 34.2 Å². The highest BCUT2D eigenvalue weighted by Gasteiger charge is 2.65. The third-order valence-electron chi connectivity index (χ3n) is 12.2. The number of hydrogen-bond acceptors (Lipinski definition) is 9. The second-order valence-electron chi connectivity index (χ2n) is 17.5. The molecule has 2 N–H and O–H groups in total. The summed E-state index contributed by atoms with van der Waals surface area (Å²) in [6.45, 7) is 17.0. The molecule has 3 aliphatic rings. The number of aliphatic hydroxyl groups excluding tert-OH is 2. The summed E-state index contributed by atoms with van der Waals surface area (Å²) >= 11 is 0. The molecule has 6 rings (SSSR count). The van der Waals surface area contributed by atoms with Crippen molar-refractivity contribution in [3.63, 3.8) is 0 Å². The van der Waals surface area contributed by atoms with Gasteiger partial charge in [-0.15, -0.1) is 6.58 Å². The zero-order valence-electron chi connectivity index (χ0n) is 36.3. The Morgan fingerprint density at radius 2 is 1.70 bits per heavy atom. The van der Waals surface area contributed by atoms with E-state index in [9.17, 15) is 20.3 Å². The van der Waals surface area contributed by atoms with E-state index in [0.29, 0.717) is 54.9 Å². The quantitative estimate of drug-likeness (QED) is 0.0737. The zero-order valence-corrected chi connectivity index (χ0v) is 36.3. The van der Waals surface area contributed by atoms with Crippen LogP contribution in [0.5, 0.6) is 17.2 Å². The molecule has 3 aromatic rings. The van der Waals surface area contributed by atoms with Crippen LogP contribution >= 0.6 is 0 Å². The summed E-state index contributed by atoms with van der Waals surface area (Å²) in [5, 5.41) is 34.4. The number of allylic oxidation sites excluding steroid dienone is 1. The van der Waals surface area contributed by atoms with Gasteiger partial charge in [-0.1, -0.05) is 43.1 Å². The van der Waals surface area contributed by atoms with Gasteiger partial charge in [0.2, 0.25) is 5.79 Å². The summed E-state index contributed by atoms with van der Waals surface area (Å²) in [5.41, 5.74) is 5.38. The Labute approximate surface area is 356 Å². The van der Waals surface area contributed by atoms with Gasteiger partial charge >= 0.3 is 0 Å². The van der Waals surface area contributed by atoms with Crippen molar-refractivity contribution in [3.05, 3.63) is 113 Å². The van der Waals surface area contributed by atoms with Gasteiger partial charge in [0.05, 0.1) is 29.9 Å². The number of hydrogen-bond donors (Lipinski definition) is 2. The predicted molar refractivity (Wildman–Crippen MR) is 234 cm³/mol. The fourth-order valence-electron chi connectivity index (χ4n) is 9.31. The average molecular weight is 818 g/mol. The minimum atomic E-state index is -1.38. The number of aryl methyl sites for hydroxylation is 2. The zero-order chi connectivity index (χ0) is 43.0. The topological polar surface area (TPSA) is 134 Å². The molecule has 60 heavy (non-hydrogen) atoms. The van der Waals surface area contributed by atoms with E-state index in [1.165, 1.54) is 5.56 Å². The number of aliphatic hydroxyl groups is 2. The van der Waals surface area contributed by atoms with E-state index in [0.717, 1.165) is 53.8 Å². The van der Waals surface area contributed by atoms with Crippen molar-refractivity contribution >= 4 is 11.6 Å². The molecule has 3 aromatic carbocycles. The minimum absolute atomic E-state index is 0.0765. The van der Waals surface area contributed by atoms with Crippen molar-refractivity contribution in [2.75, 3.05) is 26.4 Å². The van der Waals surface area contributed by atoms with Crippen molar-refractivity contribution < 1.29 is 34.1 Å². The van der Waals surface area contributed by atoms with Crippen molar-refractivity contribution in [1.29, 1.82) is 5.26 Å². The maximum absolute atomic E-state index is 14.9. The molecular weight excluding hydrogens is 755 g/mol. The van der Waals surface area contributed by atoms with Crippen molar-refractivity contribution in [2.24, 2.45) is 22.9 Å². The molecule has 1 fully saturated rings. The number of unbranched alkanes of at least 4 members (excludes halogenated alkanes) is 2. The number of fused-ring (bicyclic) bond motifs is 2. The lowest BCUT2D eigenvalue weighted by Gasteiger charge is -2.60. The van der Waals surface area contributed by atoms with Crippen molar-refractivity contribution in [3.8, 4) is 23.3 Å². The Morgan fingerprint density at radius 1 is 1.00 bits per heavy atom. The van der Waals surface area contributed by atoms with Gasteiger partial charge in [0.1, 0.15) is 28.9 Å². The van der Waals surface area contributed by atoms with Crippen LogP contribution in [-0.2, 0) is 9.57 Å². The first-order chi connectivity index (χ1) is 28.9. The maximum Gasteiger partial charge on any atom is 0.254 e. The highest BCUT2D eigenvalue weighted by molar-refractivity contribution is 6.03. The average Bonchev–Trinajstić information content (AvgIpc) is 3.23. The Morgan fingerprint density at radius 3 is 2.35 bits per heavy atom. The van der Waals surface area contributed by atoms with Gasteiger partial charge in [-0.05, 0) is 150 Å². The number of carbonyl (C=O) groups is 1. The van der Waals surface area contributed by atoms with Gasteiger partial charge in [0.15, 0.2) is 0 Å². The van der Waals surface area contributed by atoms with Crippen LogP contribution in [0.2, 0.25) is 0 Å². The monoisotopic (exact) mass is 817 g/mol. The fraction of sp³-hybridized carbons (Fsp3) is 0.500. The first kappa shape index (κ1) is 44.6. The lowest BCUT2D eigenvalue weighted by Crippen LogP contribution is -2.70. The Bertz CT molecular complexity index is 2080. The van der Waals surface area contributed by atoms with Crippen LogP contribution in [0, 0.1) is 42.9 Å². The Kier molecular flexibility index (Phi) is 14.6. The molecule has 2 aliphatic carbocycles. The highest BCUT2D eigenvalue weighted by atomic mass is 16.7. The normalized spacial score (nSPS) is 23.7. The first-order valence-electron chi connectivity index (χ1n) is 21.7. The molecule has 10 nitrogen and oxygen atoms in total. The smallest absolute Gasteiger partial charge is 0.254 e. The van der Waals surface area contributed by atoms with E-state index in [4.69, 9.17) is 24.2 Å². The molecule has 1 saturated carbocycles. The lowest BCUT2D eigenvalue weighted by atomic mass is 9.55. The molecule has 1 heterocycles. The van der Waals surface area contributed by atoms with Crippen molar-refractivity contribution in [2.45, 2.75) is 116 Å². The number of amides is 1. The third kappa shape index (κ3) is 9.65. The van der Waals surface area contributed by atoms with Gasteiger partial charge in [0, 0.05) is 43.2 Å². The highest BCUT2D eigenvalue weighted by Crippen LogP contribution is 2.62. The molecule has 0 radical (unpaired) electrons. The van der Waals surface area contributed by atoms with Crippen LogP contribution in [0.3, 0.4) is 0 Å². The maximum atomic E-state index is 14.9. The first-order valence-corrected chi connectivity index (χ1v) is 21.7. The number of nitrogens with zero attached hydrogens (tertiary/aromatic N) is 3. The predicted octanol–water partition coefficient (Wildman–Crippen LogP) is 9.95. The van der Waals surface area contributed by atoms with Crippen LogP contribution in [0.1, 0.15) is 118 Å². The molecule has 0 saturated heterocycles. The number of carbonyl (C=O) groups excluding carboxylic acids is 1. The Hall–Kier alpha value is -4.95. The largest absolute Gasteiger partial charge is 0.459 e. The van der Waals surface area contributed by atoms with E-state index < -0.39 is 23.3 Å². The third-order valence-corrected chi connectivity index (χ3v) is 12.2. The summed E-state index contributed by atoms with van der Waals surface area (Å²) in [5.74, 6) is 0.0630. The lowest BCUT2D eigenvalue weighted by molar-refractivity contribution is -0.254. The summed E-state index contributed by atoms with van der Waals surface area (Å²) in [7, 11) is 0. The molecule has 10 heteroatoms. The van der Waals surface area contributed by atoms with Crippen LogP contribution in [0.25, 0.3) is 0 Å². The van der Waals surface area contributed by atoms with E-state index in [1.54, 1.807) is 30.3 Å². The molecule has 0 aromatic heterocycles. The molecule has 1 amide bonds. The van der Waals surface area contributed by atoms with Gasteiger partial charge in [-0.25, -0.2) is 0 Å².